The molecule has 30 heavy (non-hydrogen) atoms. The van der Waals surface area contributed by atoms with E-state index in [9.17, 15) is 19.5 Å². The van der Waals surface area contributed by atoms with E-state index in [0.29, 0.717) is 17.9 Å². The Morgan fingerprint density at radius 3 is 2.60 bits per heavy atom. The summed E-state index contributed by atoms with van der Waals surface area (Å²) in [6.45, 7) is 5.76. The second-order valence-corrected chi connectivity index (χ2v) is 9.39. The van der Waals surface area contributed by atoms with E-state index in [1.807, 2.05) is 37.3 Å². The Balaban J connectivity index is 0.00000256. The van der Waals surface area contributed by atoms with Gasteiger partial charge in [0.1, 0.15) is 17.2 Å². The molecule has 1 N–H and O–H groups in total. The SMILES string of the molecule is CCOc1ccc2ccccc2c1C(=O)N[C@H]1C(=O)N2[C@@H](C(=O)[O-])C(C)(C)S[C@@H]12.[Na+]. The summed E-state index contributed by atoms with van der Waals surface area (Å²) >= 11 is 1.36. The number of ether oxygens (including phenoxy) is 1. The van der Waals surface area contributed by atoms with Crippen molar-refractivity contribution in [3.63, 3.8) is 0 Å². The van der Waals surface area contributed by atoms with Crippen LogP contribution in [0.2, 0.25) is 0 Å². The Hall–Kier alpha value is -1.74. The molecule has 2 heterocycles. The third kappa shape index (κ3) is 3.60. The maximum Gasteiger partial charge on any atom is 1.00 e. The van der Waals surface area contributed by atoms with Crippen LogP contribution in [0.4, 0.5) is 0 Å². The molecule has 7 nitrogen and oxygen atoms in total. The summed E-state index contributed by atoms with van der Waals surface area (Å²) in [7, 11) is 0. The fourth-order valence-electron chi connectivity index (χ4n) is 4.10. The molecule has 0 aliphatic carbocycles. The van der Waals surface area contributed by atoms with E-state index >= 15 is 0 Å². The van der Waals surface area contributed by atoms with Gasteiger partial charge in [-0.3, -0.25) is 9.59 Å². The number of hydrogen-bond donors (Lipinski definition) is 1. The molecule has 0 radical (unpaired) electrons. The summed E-state index contributed by atoms with van der Waals surface area (Å²) in [5, 5.41) is 15.5. The van der Waals surface area contributed by atoms with Crippen LogP contribution in [0.1, 0.15) is 31.1 Å². The molecule has 3 atom stereocenters. The largest absolute Gasteiger partial charge is 1.00 e. The van der Waals surface area contributed by atoms with Crippen LogP contribution in [0.3, 0.4) is 0 Å². The first-order valence-electron chi connectivity index (χ1n) is 9.42. The average Bonchev–Trinajstić information content (AvgIpc) is 2.94. The predicted molar refractivity (Wildman–Crippen MR) is 107 cm³/mol. The molecule has 0 bridgehead atoms. The molecule has 0 saturated carbocycles. The number of amides is 2. The van der Waals surface area contributed by atoms with E-state index in [4.69, 9.17) is 4.74 Å². The van der Waals surface area contributed by atoms with Gasteiger partial charge < -0.3 is 24.9 Å². The number of β-lactam (4-membered cyclic amide) rings is 1. The first-order valence-corrected chi connectivity index (χ1v) is 10.3. The molecular formula is C21H21N2NaO5S. The number of nitrogens with one attached hydrogen (secondary N) is 1. The minimum Gasteiger partial charge on any atom is -0.548 e. The van der Waals surface area contributed by atoms with Crippen molar-refractivity contribution in [1.29, 1.82) is 0 Å². The van der Waals surface area contributed by atoms with Crippen LogP contribution in [0.15, 0.2) is 36.4 Å². The van der Waals surface area contributed by atoms with E-state index < -0.39 is 40.0 Å². The van der Waals surface area contributed by atoms with Crippen LogP contribution in [-0.4, -0.2) is 51.5 Å². The van der Waals surface area contributed by atoms with Crippen LogP contribution in [0.25, 0.3) is 10.8 Å². The van der Waals surface area contributed by atoms with Crippen molar-refractivity contribution in [2.75, 3.05) is 6.61 Å². The van der Waals surface area contributed by atoms with Crippen LogP contribution in [-0.2, 0) is 9.59 Å². The van der Waals surface area contributed by atoms with Crippen molar-refractivity contribution in [1.82, 2.24) is 10.2 Å². The molecule has 2 fully saturated rings. The fourth-order valence-corrected chi connectivity index (χ4v) is 5.72. The summed E-state index contributed by atoms with van der Waals surface area (Å²) in [6, 6.07) is 9.28. The third-order valence-electron chi connectivity index (χ3n) is 5.37. The van der Waals surface area contributed by atoms with E-state index in [1.54, 1.807) is 19.9 Å². The average molecular weight is 436 g/mol. The molecular weight excluding hydrogens is 415 g/mol. The second kappa shape index (κ2) is 8.42. The van der Waals surface area contributed by atoms with E-state index in [2.05, 4.69) is 5.32 Å². The number of carboxylic acids is 1. The summed E-state index contributed by atoms with van der Waals surface area (Å²) in [4.78, 5) is 38.7. The van der Waals surface area contributed by atoms with Crippen LogP contribution < -0.4 is 44.7 Å². The summed E-state index contributed by atoms with van der Waals surface area (Å²) in [6.07, 6.45) is 0. The molecule has 2 aliphatic rings. The number of fused-ring (bicyclic) bond motifs is 2. The molecule has 2 saturated heterocycles. The molecule has 2 amide bonds. The first kappa shape index (κ1) is 22.9. The van der Waals surface area contributed by atoms with Gasteiger partial charge in [-0.05, 0) is 37.6 Å². The fraction of sp³-hybridized carbons (Fsp3) is 0.381. The quantitative estimate of drug-likeness (QED) is 0.437. The molecule has 0 aromatic heterocycles. The van der Waals surface area contributed by atoms with Gasteiger partial charge >= 0.3 is 29.6 Å². The van der Waals surface area contributed by atoms with Crippen molar-refractivity contribution in [3.8, 4) is 5.75 Å². The Morgan fingerprint density at radius 2 is 1.93 bits per heavy atom. The molecule has 4 rings (SSSR count). The van der Waals surface area contributed by atoms with Gasteiger partial charge in [-0.25, -0.2) is 0 Å². The number of carbonyl (C=O) groups is 3. The van der Waals surface area contributed by atoms with Crippen molar-refractivity contribution in [2.24, 2.45) is 0 Å². The number of hydrogen-bond acceptors (Lipinski definition) is 6. The van der Waals surface area contributed by atoms with Crippen molar-refractivity contribution in [2.45, 2.75) is 43.0 Å². The smallest absolute Gasteiger partial charge is 0.548 e. The van der Waals surface area contributed by atoms with Gasteiger partial charge in [0, 0.05) is 4.75 Å². The summed E-state index contributed by atoms with van der Waals surface area (Å²) in [5.74, 6) is -1.66. The zero-order valence-electron chi connectivity index (χ0n) is 17.3. The normalized spacial score (nSPS) is 23.9. The maximum absolute atomic E-state index is 13.2. The van der Waals surface area contributed by atoms with Crippen molar-refractivity contribution in [3.05, 3.63) is 42.0 Å². The topological polar surface area (TPSA) is 98.8 Å². The van der Waals surface area contributed by atoms with Gasteiger partial charge in [-0.2, -0.15) is 0 Å². The Kier molecular flexibility index (Phi) is 6.43. The third-order valence-corrected chi connectivity index (χ3v) is 6.94. The number of carboxylic acid groups (broad SMARTS) is 1. The van der Waals surface area contributed by atoms with Gasteiger partial charge in [0.15, 0.2) is 0 Å². The number of rotatable bonds is 5. The van der Waals surface area contributed by atoms with Gasteiger partial charge in [0.05, 0.1) is 24.2 Å². The molecule has 9 heteroatoms. The second-order valence-electron chi connectivity index (χ2n) is 7.62. The number of benzene rings is 2. The number of aliphatic carboxylic acids is 1. The minimum atomic E-state index is -1.28. The standard InChI is InChI=1S/C21H22N2O5S.Na/c1-4-28-13-10-9-11-7-5-6-8-12(11)14(13)17(24)22-15-18(25)23-16(20(26)27)21(2,3)29-19(15)23;/h5-10,15-16,19H,4H2,1-3H3,(H,22,24)(H,26,27);/q;+1/p-1/t15-,16-,19-;/m0./s1. The molecule has 0 spiro atoms. The predicted octanol–water partition coefficient (Wildman–Crippen LogP) is -1.85. The molecule has 152 valence electrons. The van der Waals surface area contributed by atoms with Crippen molar-refractivity contribution < 1.29 is 53.8 Å². The van der Waals surface area contributed by atoms with Gasteiger partial charge in [-0.1, -0.05) is 30.3 Å². The number of nitrogens with zero attached hydrogens (tertiary/aromatic N) is 1. The van der Waals surface area contributed by atoms with Crippen LogP contribution in [0, 0.1) is 0 Å². The molecule has 2 aliphatic heterocycles. The summed E-state index contributed by atoms with van der Waals surface area (Å²) < 4.78 is 4.95. The molecule has 0 unspecified atom stereocenters. The van der Waals surface area contributed by atoms with Gasteiger partial charge in [0.25, 0.3) is 5.91 Å². The van der Waals surface area contributed by atoms with E-state index in [0.717, 1.165) is 10.8 Å². The molecule has 2 aromatic carbocycles. The van der Waals surface area contributed by atoms with Crippen LogP contribution >= 0.6 is 11.8 Å². The minimum absolute atomic E-state index is 0. The number of thioether (sulfide) groups is 1. The van der Waals surface area contributed by atoms with E-state index in [-0.39, 0.29) is 29.6 Å². The zero-order chi connectivity index (χ0) is 20.9. The Labute approximate surface area is 200 Å². The van der Waals surface area contributed by atoms with Gasteiger partial charge in [-0.15, -0.1) is 11.8 Å². The monoisotopic (exact) mass is 436 g/mol. The van der Waals surface area contributed by atoms with Crippen molar-refractivity contribution >= 4 is 40.3 Å². The maximum atomic E-state index is 13.2. The van der Waals surface area contributed by atoms with Gasteiger partial charge in [0.2, 0.25) is 5.91 Å². The Morgan fingerprint density at radius 1 is 1.23 bits per heavy atom. The molecule has 2 aromatic rings. The number of carbonyl (C=O) groups excluding carboxylic acids is 3. The Bertz CT molecular complexity index is 1030. The van der Waals surface area contributed by atoms with E-state index in [1.165, 1.54) is 16.7 Å². The summed E-state index contributed by atoms with van der Waals surface area (Å²) in [5.41, 5.74) is 0.370. The first-order chi connectivity index (χ1) is 13.8. The zero-order valence-corrected chi connectivity index (χ0v) is 20.1. The van der Waals surface area contributed by atoms with Crippen LogP contribution in [0.5, 0.6) is 5.75 Å².